The molecule has 0 saturated carbocycles. The van der Waals surface area contributed by atoms with Gasteiger partial charge < -0.3 is 9.84 Å². The Morgan fingerprint density at radius 2 is 1.33 bits per heavy atom. The first kappa shape index (κ1) is 22.1. The fourth-order valence-corrected chi connectivity index (χ4v) is 1.48. The van der Waals surface area contributed by atoms with Gasteiger partial charge in [0.1, 0.15) is 13.2 Å². The van der Waals surface area contributed by atoms with Crippen LogP contribution in [0.1, 0.15) is 72.1 Å². The predicted octanol–water partition coefficient (Wildman–Crippen LogP) is 2.83. The Kier molecular flexibility index (Phi) is 17.7. The summed E-state index contributed by atoms with van der Waals surface area (Å²) in [6.45, 7) is 4.54. The lowest BCUT2D eigenvalue weighted by Crippen LogP contribution is -2.10. The number of hydrogen-bond acceptors (Lipinski definition) is 5. The Bertz CT molecular complexity index is 286. The minimum atomic E-state index is -0.333. The second-order valence-corrected chi connectivity index (χ2v) is 5.09. The highest BCUT2D eigenvalue weighted by atomic mass is 16.5. The SMILES string of the molecule is CC(=O)CO.CCCCCCCCCC(=O)OCC(C)=O. The normalized spacial score (nSPS) is 9.52. The van der Waals surface area contributed by atoms with Gasteiger partial charge in [-0.15, -0.1) is 0 Å². The third-order valence-corrected chi connectivity index (χ3v) is 2.64. The summed E-state index contributed by atoms with van der Waals surface area (Å²) in [6, 6.07) is 0. The molecule has 0 aromatic rings. The van der Waals surface area contributed by atoms with E-state index in [2.05, 4.69) is 6.92 Å². The van der Waals surface area contributed by atoms with Crippen molar-refractivity contribution < 1.29 is 24.2 Å². The van der Waals surface area contributed by atoms with E-state index in [9.17, 15) is 14.4 Å². The third-order valence-electron chi connectivity index (χ3n) is 2.64. The Morgan fingerprint density at radius 3 is 1.76 bits per heavy atom. The van der Waals surface area contributed by atoms with Crippen molar-refractivity contribution in [1.29, 1.82) is 0 Å². The monoisotopic (exact) mass is 302 g/mol. The van der Waals surface area contributed by atoms with Crippen molar-refractivity contribution in [3.05, 3.63) is 0 Å². The maximum Gasteiger partial charge on any atom is 0.306 e. The van der Waals surface area contributed by atoms with Gasteiger partial charge in [-0.25, -0.2) is 0 Å². The molecule has 0 aliphatic carbocycles. The molecule has 0 aliphatic heterocycles. The van der Waals surface area contributed by atoms with Gasteiger partial charge in [-0.05, 0) is 20.3 Å². The lowest BCUT2D eigenvalue weighted by atomic mass is 10.1. The van der Waals surface area contributed by atoms with Gasteiger partial charge in [0.05, 0.1) is 0 Å². The van der Waals surface area contributed by atoms with Crippen molar-refractivity contribution in [3.8, 4) is 0 Å². The molecule has 0 fully saturated rings. The number of hydrogen-bond donors (Lipinski definition) is 1. The highest BCUT2D eigenvalue weighted by Crippen LogP contribution is 2.08. The maximum absolute atomic E-state index is 11.1. The van der Waals surface area contributed by atoms with Crippen LogP contribution >= 0.6 is 0 Å². The fourth-order valence-electron chi connectivity index (χ4n) is 1.48. The second kappa shape index (κ2) is 16.8. The molecule has 124 valence electrons. The van der Waals surface area contributed by atoms with Crippen LogP contribution in [0.15, 0.2) is 0 Å². The van der Waals surface area contributed by atoms with E-state index in [1.54, 1.807) is 0 Å². The van der Waals surface area contributed by atoms with Crippen LogP contribution in [0.3, 0.4) is 0 Å². The van der Waals surface area contributed by atoms with Crippen LogP contribution in [0.5, 0.6) is 0 Å². The van der Waals surface area contributed by atoms with Crippen LogP contribution in [0.25, 0.3) is 0 Å². The van der Waals surface area contributed by atoms with Crippen LogP contribution in [0, 0.1) is 0 Å². The van der Waals surface area contributed by atoms with Gasteiger partial charge in [-0.1, -0.05) is 45.4 Å². The van der Waals surface area contributed by atoms with Crippen molar-refractivity contribution in [1.82, 2.24) is 0 Å². The van der Waals surface area contributed by atoms with Crippen LogP contribution < -0.4 is 0 Å². The molecule has 0 heterocycles. The van der Waals surface area contributed by atoms with E-state index >= 15 is 0 Å². The summed E-state index contributed by atoms with van der Waals surface area (Å²) in [7, 11) is 0. The number of aliphatic hydroxyl groups excluding tert-OH is 1. The standard InChI is InChI=1S/C13H24O3.C3H6O2/c1-3-4-5-6-7-8-9-10-13(15)16-11-12(2)14;1-3(5)2-4/h3-11H2,1-2H3;4H,2H2,1H3. The zero-order valence-corrected chi connectivity index (χ0v) is 13.7. The molecule has 0 aliphatic rings. The van der Waals surface area contributed by atoms with Gasteiger partial charge in [0.2, 0.25) is 0 Å². The van der Waals surface area contributed by atoms with Crippen molar-refractivity contribution in [2.45, 2.75) is 72.1 Å². The van der Waals surface area contributed by atoms with E-state index in [-0.39, 0.29) is 30.7 Å². The second-order valence-electron chi connectivity index (χ2n) is 5.09. The minimum Gasteiger partial charge on any atom is -0.458 e. The molecular formula is C16H30O5. The number of ketones is 2. The molecule has 1 N–H and O–H groups in total. The van der Waals surface area contributed by atoms with Gasteiger partial charge in [-0.2, -0.15) is 0 Å². The number of unbranched alkanes of at least 4 members (excludes halogenated alkanes) is 6. The molecular weight excluding hydrogens is 272 g/mol. The predicted molar refractivity (Wildman–Crippen MR) is 82.0 cm³/mol. The third kappa shape index (κ3) is 24.2. The molecule has 0 unspecified atom stereocenters. The Morgan fingerprint density at radius 1 is 0.857 bits per heavy atom. The van der Waals surface area contributed by atoms with Gasteiger partial charge in [-0.3, -0.25) is 14.4 Å². The summed E-state index contributed by atoms with van der Waals surface area (Å²) >= 11 is 0. The molecule has 0 saturated heterocycles. The molecule has 0 aromatic carbocycles. The smallest absolute Gasteiger partial charge is 0.306 e. The van der Waals surface area contributed by atoms with Gasteiger partial charge in [0, 0.05) is 6.42 Å². The van der Waals surface area contributed by atoms with Crippen LogP contribution in [0.2, 0.25) is 0 Å². The first-order chi connectivity index (χ1) is 9.93. The Balaban J connectivity index is 0. The summed E-state index contributed by atoms with van der Waals surface area (Å²) in [4.78, 5) is 31.2. The first-order valence-corrected chi connectivity index (χ1v) is 7.69. The Hall–Kier alpha value is -1.23. The fraction of sp³-hybridized carbons (Fsp3) is 0.812. The summed E-state index contributed by atoms with van der Waals surface area (Å²) in [5.41, 5.74) is 0. The van der Waals surface area contributed by atoms with Crippen molar-refractivity contribution in [2.75, 3.05) is 13.2 Å². The van der Waals surface area contributed by atoms with E-state index < -0.39 is 0 Å². The number of carbonyl (C=O) groups is 3. The molecule has 5 heteroatoms. The highest BCUT2D eigenvalue weighted by molar-refractivity contribution is 5.80. The van der Waals surface area contributed by atoms with Crippen molar-refractivity contribution >= 4 is 17.5 Å². The first-order valence-electron chi connectivity index (χ1n) is 7.69. The number of aliphatic hydroxyl groups is 1. The number of rotatable bonds is 11. The van der Waals surface area contributed by atoms with Crippen LogP contribution in [-0.4, -0.2) is 35.9 Å². The summed E-state index contributed by atoms with van der Waals surface area (Å²) < 4.78 is 4.76. The largest absolute Gasteiger partial charge is 0.458 e. The molecule has 0 spiro atoms. The van der Waals surface area contributed by atoms with Crippen molar-refractivity contribution in [3.63, 3.8) is 0 Å². The zero-order valence-electron chi connectivity index (χ0n) is 13.7. The van der Waals surface area contributed by atoms with Gasteiger partial charge in [0.15, 0.2) is 11.6 Å². The van der Waals surface area contributed by atoms with E-state index in [0.717, 1.165) is 12.8 Å². The average Bonchev–Trinajstić information content (AvgIpc) is 2.44. The molecule has 0 aromatic heterocycles. The molecule has 5 nitrogen and oxygen atoms in total. The maximum atomic E-state index is 11.1. The highest BCUT2D eigenvalue weighted by Gasteiger charge is 2.03. The molecule has 21 heavy (non-hydrogen) atoms. The topological polar surface area (TPSA) is 80.7 Å². The van der Waals surface area contributed by atoms with E-state index in [1.807, 2.05) is 0 Å². The van der Waals surface area contributed by atoms with Crippen LogP contribution in [-0.2, 0) is 19.1 Å². The molecule has 0 atom stereocenters. The van der Waals surface area contributed by atoms with Crippen LogP contribution in [0.4, 0.5) is 0 Å². The Labute approximate surface area is 128 Å². The van der Waals surface area contributed by atoms with Gasteiger partial charge in [0.25, 0.3) is 0 Å². The zero-order chi connectivity index (χ0) is 16.5. The number of esters is 1. The minimum absolute atomic E-state index is 0.0741. The average molecular weight is 302 g/mol. The van der Waals surface area contributed by atoms with Crippen molar-refractivity contribution in [2.24, 2.45) is 0 Å². The van der Waals surface area contributed by atoms with Gasteiger partial charge >= 0.3 is 5.97 Å². The summed E-state index contributed by atoms with van der Waals surface area (Å²) in [6.07, 6.45) is 8.72. The molecule has 0 radical (unpaired) electrons. The molecule has 0 amide bonds. The summed E-state index contributed by atoms with van der Waals surface area (Å²) in [5.74, 6) is -0.540. The summed E-state index contributed by atoms with van der Waals surface area (Å²) in [5, 5.41) is 7.79. The molecule has 0 bridgehead atoms. The van der Waals surface area contributed by atoms with E-state index in [1.165, 1.54) is 46.0 Å². The van der Waals surface area contributed by atoms with E-state index in [0.29, 0.717) is 6.42 Å². The number of Topliss-reactive ketones (excluding diaryl/α,β-unsaturated/α-hetero) is 2. The number of carbonyl (C=O) groups excluding carboxylic acids is 3. The lowest BCUT2D eigenvalue weighted by molar-refractivity contribution is -0.147. The molecule has 0 rings (SSSR count). The quantitative estimate of drug-likeness (QED) is 0.469. The number of ether oxygens (including phenoxy) is 1. The van der Waals surface area contributed by atoms with E-state index in [4.69, 9.17) is 9.84 Å². The lowest BCUT2D eigenvalue weighted by Gasteiger charge is -2.02.